The molecule has 2 rings (SSSR count). The monoisotopic (exact) mass is 249 g/mol. The van der Waals surface area contributed by atoms with Gasteiger partial charge in [0.2, 0.25) is 0 Å². The first-order valence-electron chi connectivity index (χ1n) is 6.51. The predicted octanol–water partition coefficient (Wildman–Crippen LogP) is 4.74. The number of rotatable bonds is 2. The van der Waals surface area contributed by atoms with E-state index >= 15 is 0 Å². The molecule has 1 aromatic heterocycles. The van der Waals surface area contributed by atoms with Gasteiger partial charge in [-0.3, -0.25) is 0 Å². The van der Waals surface area contributed by atoms with Crippen molar-refractivity contribution in [1.29, 1.82) is 0 Å². The number of nitrogens with zero attached hydrogens (tertiary/aromatic N) is 1. The fourth-order valence-electron chi connectivity index (χ4n) is 1.50. The average molecular weight is 249 g/mol. The minimum absolute atomic E-state index is 0.00449. The summed E-state index contributed by atoms with van der Waals surface area (Å²) in [5.74, 6) is 1.80. The standard InChI is InChI=1S/C13H17NO2.C2H6/c1-9(2)12-14-10(8-16-12)11-7-13(3,4)5-6-15-11;1-2/h5-9H,1-4H3;1-2H3. The van der Waals surface area contributed by atoms with Crippen LogP contribution in [-0.4, -0.2) is 4.98 Å². The van der Waals surface area contributed by atoms with Gasteiger partial charge in [0, 0.05) is 11.3 Å². The van der Waals surface area contributed by atoms with Crippen LogP contribution in [0, 0.1) is 5.41 Å². The van der Waals surface area contributed by atoms with E-state index in [1.165, 1.54) is 0 Å². The molecular formula is C15H23NO2. The highest BCUT2D eigenvalue weighted by molar-refractivity contribution is 5.58. The van der Waals surface area contributed by atoms with Gasteiger partial charge in [0.15, 0.2) is 11.6 Å². The first kappa shape index (κ1) is 14.6. The molecule has 0 unspecified atom stereocenters. The Morgan fingerprint density at radius 1 is 1.22 bits per heavy atom. The van der Waals surface area contributed by atoms with E-state index < -0.39 is 0 Å². The topological polar surface area (TPSA) is 35.3 Å². The van der Waals surface area contributed by atoms with Crippen molar-refractivity contribution in [3.8, 4) is 0 Å². The molecule has 0 aliphatic carbocycles. The molecule has 0 aromatic carbocycles. The first-order valence-corrected chi connectivity index (χ1v) is 6.51. The third kappa shape index (κ3) is 3.49. The molecule has 18 heavy (non-hydrogen) atoms. The number of hydrogen-bond donors (Lipinski definition) is 0. The molecule has 3 heteroatoms. The van der Waals surface area contributed by atoms with Gasteiger partial charge in [-0.15, -0.1) is 0 Å². The van der Waals surface area contributed by atoms with E-state index in [-0.39, 0.29) is 5.41 Å². The Morgan fingerprint density at radius 2 is 1.89 bits per heavy atom. The third-order valence-electron chi connectivity index (χ3n) is 2.46. The second kappa shape index (κ2) is 5.89. The molecule has 100 valence electrons. The average Bonchev–Trinajstić information content (AvgIpc) is 2.80. The molecule has 0 saturated heterocycles. The largest absolute Gasteiger partial charge is 0.463 e. The van der Waals surface area contributed by atoms with Crippen molar-refractivity contribution < 1.29 is 9.15 Å². The Kier molecular flexibility index (Phi) is 4.76. The van der Waals surface area contributed by atoms with Crippen molar-refractivity contribution in [3.63, 3.8) is 0 Å². The molecule has 0 bridgehead atoms. The van der Waals surface area contributed by atoms with Crippen molar-refractivity contribution >= 4 is 5.76 Å². The van der Waals surface area contributed by atoms with Crippen LogP contribution in [0.25, 0.3) is 5.76 Å². The summed E-state index contributed by atoms with van der Waals surface area (Å²) in [6, 6.07) is 0. The Hall–Kier alpha value is -1.51. The van der Waals surface area contributed by atoms with Crippen LogP contribution >= 0.6 is 0 Å². The van der Waals surface area contributed by atoms with E-state index in [0.717, 1.165) is 17.3 Å². The van der Waals surface area contributed by atoms with Gasteiger partial charge in [0.05, 0.1) is 6.26 Å². The van der Waals surface area contributed by atoms with Crippen LogP contribution in [0.1, 0.15) is 59.0 Å². The van der Waals surface area contributed by atoms with Crippen LogP contribution in [0.4, 0.5) is 0 Å². The van der Waals surface area contributed by atoms with Crippen LogP contribution in [0.2, 0.25) is 0 Å². The molecule has 0 N–H and O–H groups in total. The molecule has 0 saturated carbocycles. The number of ether oxygens (including phenoxy) is 1. The summed E-state index contributed by atoms with van der Waals surface area (Å²) < 4.78 is 10.8. The molecule has 2 heterocycles. The van der Waals surface area contributed by atoms with Gasteiger partial charge in [-0.2, -0.15) is 0 Å². The van der Waals surface area contributed by atoms with E-state index in [0.29, 0.717) is 5.92 Å². The lowest BCUT2D eigenvalue weighted by atomic mass is 9.91. The lowest BCUT2D eigenvalue weighted by molar-refractivity contribution is 0.397. The Labute approximate surface area is 110 Å². The van der Waals surface area contributed by atoms with Gasteiger partial charge in [0.1, 0.15) is 12.0 Å². The van der Waals surface area contributed by atoms with Gasteiger partial charge in [-0.05, 0) is 12.2 Å². The minimum atomic E-state index is 0.00449. The Balaban J connectivity index is 0.000000771. The summed E-state index contributed by atoms with van der Waals surface area (Å²) in [6.07, 6.45) is 7.42. The molecule has 0 atom stereocenters. The van der Waals surface area contributed by atoms with Crippen molar-refractivity contribution in [2.45, 2.75) is 47.5 Å². The van der Waals surface area contributed by atoms with Gasteiger partial charge in [-0.1, -0.05) is 41.5 Å². The maximum Gasteiger partial charge on any atom is 0.197 e. The molecule has 1 aliphatic heterocycles. The summed E-state index contributed by atoms with van der Waals surface area (Å²) in [5.41, 5.74) is 0.769. The van der Waals surface area contributed by atoms with E-state index in [9.17, 15) is 0 Å². The third-order valence-corrected chi connectivity index (χ3v) is 2.46. The van der Waals surface area contributed by atoms with Crippen LogP contribution in [0.3, 0.4) is 0 Å². The zero-order chi connectivity index (χ0) is 13.8. The summed E-state index contributed by atoms with van der Waals surface area (Å²) in [4.78, 5) is 4.41. The van der Waals surface area contributed by atoms with Crippen LogP contribution < -0.4 is 0 Å². The van der Waals surface area contributed by atoms with Gasteiger partial charge in [-0.25, -0.2) is 4.98 Å². The van der Waals surface area contributed by atoms with E-state index in [1.807, 2.05) is 19.9 Å². The van der Waals surface area contributed by atoms with Crippen molar-refractivity contribution in [1.82, 2.24) is 4.98 Å². The summed E-state index contributed by atoms with van der Waals surface area (Å²) in [5, 5.41) is 0. The fraction of sp³-hybridized carbons (Fsp3) is 0.533. The number of hydrogen-bond acceptors (Lipinski definition) is 3. The van der Waals surface area contributed by atoms with E-state index in [4.69, 9.17) is 9.15 Å². The Bertz CT molecular complexity index is 439. The predicted molar refractivity (Wildman–Crippen MR) is 73.9 cm³/mol. The zero-order valence-corrected chi connectivity index (χ0v) is 12.2. The lowest BCUT2D eigenvalue weighted by Crippen LogP contribution is -2.08. The summed E-state index contributed by atoms with van der Waals surface area (Å²) >= 11 is 0. The zero-order valence-electron chi connectivity index (χ0n) is 12.2. The number of oxazole rings is 1. The van der Waals surface area contributed by atoms with E-state index in [2.05, 4.69) is 38.8 Å². The summed E-state index contributed by atoms with van der Waals surface area (Å²) in [7, 11) is 0. The molecule has 0 spiro atoms. The first-order chi connectivity index (χ1) is 8.48. The molecule has 3 nitrogen and oxygen atoms in total. The van der Waals surface area contributed by atoms with Gasteiger partial charge in [0.25, 0.3) is 0 Å². The number of aromatic nitrogens is 1. The van der Waals surface area contributed by atoms with Crippen LogP contribution in [0.15, 0.2) is 29.1 Å². The quantitative estimate of drug-likeness (QED) is 0.759. The van der Waals surface area contributed by atoms with Crippen molar-refractivity contribution in [2.24, 2.45) is 5.41 Å². The minimum Gasteiger partial charge on any atom is -0.463 e. The van der Waals surface area contributed by atoms with Gasteiger partial charge >= 0.3 is 0 Å². The van der Waals surface area contributed by atoms with Crippen LogP contribution in [-0.2, 0) is 4.74 Å². The lowest BCUT2D eigenvalue weighted by Gasteiger charge is -2.20. The maximum absolute atomic E-state index is 5.45. The molecular weight excluding hydrogens is 226 g/mol. The smallest absolute Gasteiger partial charge is 0.197 e. The fourth-order valence-corrected chi connectivity index (χ4v) is 1.50. The molecule has 0 amide bonds. The highest BCUT2D eigenvalue weighted by Crippen LogP contribution is 2.31. The summed E-state index contributed by atoms with van der Waals surface area (Å²) in [6.45, 7) is 12.3. The second-order valence-corrected chi connectivity index (χ2v) is 4.98. The van der Waals surface area contributed by atoms with Crippen molar-refractivity contribution in [2.75, 3.05) is 0 Å². The molecule has 0 radical (unpaired) electrons. The highest BCUT2D eigenvalue weighted by atomic mass is 16.5. The molecule has 0 fully saturated rings. The van der Waals surface area contributed by atoms with Gasteiger partial charge < -0.3 is 9.15 Å². The molecule has 1 aromatic rings. The second-order valence-electron chi connectivity index (χ2n) is 4.98. The number of allylic oxidation sites excluding steroid dienone is 2. The maximum atomic E-state index is 5.45. The van der Waals surface area contributed by atoms with Crippen LogP contribution in [0.5, 0.6) is 0 Å². The normalized spacial score (nSPS) is 16.7. The SMILES string of the molecule is CC.CC(C)c1nc(C2=CC(C)(C)C=CO2)co1. The van der Waals surface area contributed by atoms with E-state index in [1.54, 1.807) is 12.5 Å². The highest BCUT2D eigenvalue weighted by Gasteiger charge is 2.20. The molecule has 1 aliphatic rings. The van der Waals surface area contributed by atoms with Crippen molar-refractivity contribution in [3.05, 3.63) is 36.3 Å². The Morgan fingerprint density at radius 3 is 2.39 bits per heavy atom.